The van der Waals surface area contributed by atoms with Gasteiger partial charge in [0.1, 0.15) is 22.9 Å². The molecule has 5 heteroatoms. The zero-order chi connectivity index (χ0) is 21.2. The highest BCUT2D eigenvalue weighted by Crippen LogP contribution is 2.26. The molecule has 0 amide bonds. The summed E-state index contributed by atoms with van der Waals surface area (Å²) in [6, 6.07) is 12.9. The van der Waals surface area contributed by atoms with E-state index in [1.807, 2.05) is 0 Å². The molecule has 0 spiro atoms. The molecular formula is C25H29FO4. The maximum absolute atomic E-state index is 13.0. The number of halogens is 1. The van der Waals surface area contributed by atoms with Gasteiger partial charge in [0.15, 0.2) is 6.29 Å². The molecule has 0 saturated carbocycles. The minimum atomic E-state index is -1.24. The van der Waals surface area contributed by atoms with Gasteiger partial charge in [-0.05, 0) is 81.0 Å². The first-order valence-electron chi connectivity index (χ1n) is 10.5. The van der Waals surface area contributed by atoms with Crippen LogP contribution in [-0.4, -0.2) is 24.6 Å². The highest BCUT2D eigenvalue weighted by Gasteiger charge is 2.19. The summed E-state index contributed by atoms with van der Waals surface area (Å²) in [6.45, 7) is 3.15. The molecule has 3 rings (SSSR count). The molecule has 1 aliphatic rings. The summed E-state index contributed by atoms with van der Waals surface area (Å²) in [7, 11) is 0. The van der Waals surface area contributed by atoms with Crippen LogP contribution in [0.25, 0.3) is 0 Å². The fourth-order valence-electron chi connectivity index (χ4n) is 3.17. The van der Waals surface area contributed by atoms with Crippen molar-refractivity contribution in [2.24, 2.45) is 0 Å². The second-order valence-corrected chi connectivity index (χ2v) is 7.58. The minimum Gasteiger partial charge on any atom is -0.457 e. The van der Waals surface area contributed by atoms with E-state index in [4.69, 9.17) is 14.2 Å². The van der Waals surface area contributed by atoms with Crippen molar-refractivity contribution >= 4 is 0 Å². The van der Waals surface area contributed by atoms with E-state index < -0.39 is 5.60 Å². The Labute approximate surface area is 178 Å². The molecule has 4 nitrogen and oxygen atoms in total. The summed E-state index contributed by atoms with van der Waals surface area (Å²) in [5.74, 6) is 6.87. The highest BCUT2D eigenvalue weighted by atomic mass is 19.1. The molecule has 2 unspecified atom stereocenters. The number of benzene rings is 2. The molecule has 1 saturated heterocycles. The van der Waals surface area contributed by atoms with Gasteiger partial charge in [0, 0.05) is 19.6 Å². The topological polar surface area (TPSA) is 47.9 Å². The molecule has 0 bridgehead atoms. The van der Waals surface area contributed by atoms with Crippen molar-refractivity contribution in [3.05, 3.63) is 59.9 Å². The van der Waals surface area contributed by atoms with Crippen LogP contribution in [0.4, 0.5) is 4.39 Å². The number of aliphatic hydroxyl groups is 1. The quantitative estimate of drug-likeness (QED) is 0.457. The fourth-order valence-corrected chi connectivity index (χ4v) is 3.17. The minimum absolute atomic E-state index is 0.0411. The molecule has 2 atom stereocenters. The van der Waals surface area contributed by atoms with Crippen LogP contribution in [0.2, 0.25) is 0 Å². The lowest BCUT2D eigenvalue weighted by Crippen LogP contribution is -2.22. The average molecular weight is 413 g/mol. The van der Waals surface area contributed by atoms with E-state index in [2.05, 4.69) is 11.8 Å². The van der Waals surface area contributed by atoms with Crippen LogP contribution < -0.4 is 4.74 Å². The maximum atomic E-state index is 13.0. The third-order valence-electron chi connectivity index (χ3n) is 4.94. The van der Waals surface area contributed by atoms with Gasteiger partial charge in [0.25, 0.3) is 0 Å². The molecule has 2 aromatic carbocycles. The van der Waals surface area contributed by atoms with Crippen LogP contribution >= 0.6 is 0 Å². The van der Waals surface area contributed by atoms with Gasteiger partial charge in [0.2, 0.25) is 0 Å². The molecule has 1 fully saturated rings. The Morgan fingerprint density at radius 1 is 1.07 bits per heavy atom. The Morgan fingerprint density at radius 2 is 1.77 bits per heavy atom. The molecule has 1 heterocycles. The van der Waals surface area contributed by atoms with Gasteiger partial charge >= 0.3 is 0 Å². The van der Waals surface area contributed by atoms with Gasteiger partial charge in [-0.2, -0.15) is 0 Å². The van der Waals surface area contributed by atoms with Crippen molar-refractivity contribution in [2.75, 3.05) is 13.2 Å². The molecule has 30 heavy (non-hydrogen) atoms. The van der Waals surface area contributed by atoms with Crippen molar-refractivity contribution in [3.63, 3.8) is 0 Å². The Hall–Kier alpha value is -2.39. The lowest BCUT2D eigenvalue weighted by atomic mass is 9.96. The number of ether oxygens (including phenoxy) is 3. The van der Waals surface area contributed by atoms with Crippen molar-refractivity contribution in [1.29, 1.82) is 0 Å². The summed E-state index contributed by atoms with van der Waals surface area (Å²) >= 11 is 0. The zero-order valence-corrected chi connectivity index (χ0v) is 17.4. The summed E-state index contributed by atoms with van der Waals surface area (Å²) in [4.78, 5) is 0. The smallest absolute Gasteiger partial charge is 0.157 e. The highest BCUT2D eigenvalue weighted by molar-refractivity contribution is 5.37. The molecule has 1 aliphatic heterocycles. The second kappa shape index (κ2) is 11.1. The van der Waals surface area contributed by atoms with Crippen molar-refractivity contribution in [2.45, 2.75) is 57.3 Å². The van der Waals surface area contributed by atoms with Gasteiger partial charge in [-0.3, -0.25) is 0 Å². The summed E-state index contributed by atoms with van der Waals surface area (Å²) in [5, 5.41) is 10.7. The Bertz CT molecular complexity index is 828. The molecule has 0 radical (unpaired) electrons. The molecule has 0 aliphatic carbocycles. The largest absolute Gasteiger partial charge is 0.457 e. The van der Waals surface area contributed by atoms with E-state index in [1.54, 1.807) is 43.3 Å². The van der Waals surface area contributed by atoms with E-state index in [1.165, 1.54) is 18.6 Å². The summed E-state index contributed by atoms with van der Waals surface area (Å²) in [6.07, 6.45) is 5.78. The van der Waals surface area contributed by atoms with Gasteiger partial charge in [-0.1, -0.05) is 24.0 Å². The predicted octanol–water partition coefficient (Wildman–Crippen LogP) is 5.54. The van der Waals surface area contributed by atoms with E-state index in [-0.39, 0.29) is 12.1 Å². The van der Waals surface area contributed by atoms with Gasteiger partial charge in [-0.25, -0.2) is 4.39 Å². The number of hydrogen-bond acceptors (Lipinski definition) is 4. The number of unbranched alkanes of at least 4 members (excludes halogenated alkanes) is 2. The molecule has 160 valence electrons. The Kier molecular flexibility index (Phi) is 8.27. The van der Waals surface area contributed by atoms with Gasteiger partial charge in [0.05, 0.1) is 0 Å². The third kappa shape index (κ3) is 7.14. The third-order valence-corrected chi connectivity index (χ3v) is 4.94. The van der Waals surface area contributed by atoms with Crippen molar-refractivity contribution in [1.82, 2.24) is 0 Å². The first-order valence-corrected chi connectivity index (χ1v) is 10.5. The summed E-state index contributed by atoms with van der Waals surface area (Å²) in [5.41, 5.74) is -0.542. The van der Waals surface area contributed by atoms with E-state index in [9.17, 15) is 9.50 Å². The van der Waals surface area contributed by atoms with E-state index in [0.29, 0.717) is 30.1 Å². The molecular weight excluding hydrogens is 383 g/mol. The lowest BCUT2D eigenvalue weighted by Gasteiger charge is -2.22. The SMILES string of the molecule is CC(O)(C#CCCCCOC1CCCCO1)c1ccc(Oc2ccc(F)cc2)cc1. The zero-order valence-electron chi connectivity index (χ0n) is 17.4. The van der Waals surface area contributed by atoms with Gasteiger partial charge in [-0.15, -0.1) is 0 Å². The fraction of sp³-hybridized carbons (Fsp3) is 0.440. The van der Waals surface area contributed by atoms with Crippen LogP contribution in [0.15, 0.2) is 48.5 Å². The lowest BCUT2D eigenvalue weighted by molar-refractivity contribution is -0.162. The van der Waals surface area contributed by atoms with E-state index >= 15 is 0 Å². The summed E-state index contributed by atoms with van der Waals surface area (Å²) < 4.78 is 29.9. The van der Waals surface area contributed by atoms with Crippen molar-refractivity contribution < 1.29 is 23.7 Å². The van der Waals surface area contributed by atoms with Crippen LogP contribution in [0.1, 0.15) is 51.0 Å². The van der Waals surface area contributed by atoms with Crippen LogP contribution in [-0.2, 0) is 15.1 Å². The van der Waals surface area contributed by atoms with Crippen LogP contribution in [0.5, 0.6) is 11.5 Å². The van der Waals surface area contributed by atoms with Crippen LogP contribution in [0, 0.1) is 17.7 Å². The number of rotatable bonds is 8. The maximum Gasteiger partial charge on any atom is 0.157 e. The molecule has 1 N–H and O–H groups in total. The number of hydrogen-bond donors (Lipinski definition) is 1. The monoisotopic (exact) mass is 412 g/mol. The standard InChI is InChI=1S/C25H29FO4/c1-25(27,17-5-2-3-6-18-28-24-8-4-7-19-29-24)20-9-13-22(14-10-20)30-23-15-11-21(26)12-16-23/h9-16,24,27H,2-4,6-8,18-19H2,1H3. The molecule has 0 aromatic heterocycles. The second-order valence-electron chi connectivity index (χ2n) is 7.58. The van der Waals surface area contributed by atoms with Crippen LogP contribution in [0.3, 0.4) is 0 Å². The Balaban J connectivity index is 1.41. The first-order chi connectivity index (χ1) is 14.5. The normalized spacial score (nSPS) is 18.2. The first kappa shape index (κ1) is 22.3. The van der Waals surface area contributed by atoms with E-state index in [0.717, 1.165) is 32.3 Å². The Morgan fingerprint density at radius 3 is 2.43 bits per heavy atom. The molecule has 2 aromatic rings. The van der Waals surface area contributed by atoms with Gasteiger partial charge < -0.3 is 19.3 Å². The van der Waals surface area contributed by atoms with Crippen molar-refractivity contribution in [3.8, 4) is 23.3 Å². The average Bonchev–Trinajstić information content (AvgIpc) is 2.76. The predicted molar refractivity (Wildman–Crippen MR) is 114 cm³/mol.